The standard InChI is InChI=1S/C9H12N4O3S2/c1-7-8(17-9(14)12-7)18(15,16)11-3-5-13-4-2-10-6-13/h2,4,6,11H,3,5H2,1H3,(H,12,14). The van der Waals surface area contributed by atoms with E-state index in [1.165, 1.54) is 0 Å². The Hall–Kier alpha value is -1.45. The number of aryl methyl sites for hydroxylation is 1. The number of nitrogens with one attached hydrogen (secondary N) is 2. The Morgan fingerprint density at radius 2 is 2.33 bits per heavy atom. The molecule has 0 aromatic carbocycles. The summed E-state index contributed by atoms with van der Waals surface area (Å²) in [6, 6.07) is 0. The van der Waals surface area contributed by atoms with Crippen molar-refractivity contribution in [3.8, 4) is 0 Å². The number of sulfonamides is 1. The van der Waals surface area contributed by atoms with Crippen LogP contribution < -0.4 is 9.60 Å². The molecule has 0 saturated heterocycles. The van der Waals surface area contributed by atoms with Gasteiger partial charge in [-0.15, -0.1) is 0 Å². The van der Waals surface area contributed by atoms with Gasteiger partial charge in [0.05, 0.1) is 6.33 Å². The first-order valence-electron chi connectivity index (χ1n) is 5.14. The third kappa shape index (κ3) is 2.86. The molecule has 98 valence electrons. The van der Waals surface area contributed by atoms with E-state index >= 15 is 0 Å². The number of nitrogens with zero attached hydrogens (tertiary/aromatic N) is 2. The second-order valence-electron chi connectivity index (χ2n) is 3.63. The van der Waals surface area contributed by atoms with Gasteiger partial charge in [0, 0.05) is 31.2 Å². The summed E-state index contributed by atoms with van der Waals surface area (Å²) in [5, 5.41) is 0. The Balaban J connectivity index is 2.04. The number of thiazole rings is 1. The second kappa shape index (κ2) is 5.04. The SMILES string of the molecule is Cc1[nH]c(=O)sc1S(=O)(=O)NCCn1ccnc1. The summed E-state index contributed by atoms with van der Waals surface area (Å²) in [6.07, 6.45) is 4.97. The first kappa shape index (κ1) is 13.0. The van der Waals surface area contributed by atoms with Gasteiger partial charge in [-0.1, -0.05) is 11.3 Å². The number of imidazole rings is 1. The molecule has 0 aliphatic carbocycles. The molecule has 0 radical (unpaired) electrons. The lowest BCUT2D eigenvalue weighted by Crippen LogP contribution is -2.27. The van der Waals surface area contributed by atoms with Crippen molar-refractivity contribution < 1.29 is 8.42 Å². The maximum atomic E-state index is 11.9. The third-order valence-corrected chi connectivity index (χ3v) is 5.31. The molecule has 0 unspecified atom stereocenters. The minimum absolute atomic E-state index is 0.0399. The average molecular weight is 288 g/mol. The molecule has 2 aromatic rings. The summed E-state index contributed by atoms with van der Waals surface area (Å²) >= 11 is 0.688. The van der Waals surface area contributed by atoms with Crippen LogP contribution in [0.4, 0.5) is 0 Å². The van der Waals surface area contributed by atoms with E-state index in [4.69, 9.17) is 0 Å². The number of aromatic amines is 1. The number of aromatic nitrogens is 3. The molecule has 0 atom stereocenters. The molecule has 0 amide bonds. The Kier molecular flexibility index (Phi) is 3.64. The summed E-state index contributed by atoms with van der Waals surface area (Å²) in [5.74, 6) is 0. The molecule has 7 nitrogen and oxygen atoms in total. The van der Waals surface area contributed by atoms with Gasteiger partial charge in [-0.3, -0.25) is 4.79 Å². The molecule has 0 fully saturated rings. The molecule has 0 bridgehead atoms. The van der Waals surface area contributed by atoms with E-state index in [1.807, 2.05) is 0 Å². The summed E-state index contributed by atoms with van der Waals surface area (Å²) < 4.78 is 28.1. The predicted molar refractivity (Wildman–Crippen MR) is 67.1 cm³/mol. The fourth-order valence-electron chi connectivity index (χ4n) is 1.44. The molecular formula is C9H12N4O3S2. The predicted octanol–water partition coefficient (Wildman–Crippen LogP) is -0.0802. The van der Waals surface area contributed by atoms with Crippen LogP contribution in [0.15, 0.2) is 27.7 Å². The highest BCUT2D eigenvalue weighted by molar-refractivity contribution is 7.91. The van der Waals surface area contributed by atoms with Gasteiger partial charge in [0.25, 0.3) is 10.0 Å². The van der Waals surface area contributed by atoms with E-state index in [-0.39, 0.29) is 15.6 Å². The van der Waals surface area contributed by atoms with Crippen LogP contribution in [0.3, 0.4) is 0 Å². The van der Waals surface area contributed by atoms with Crippen molar-refractivity contribution in [2.75, 3.05) is 6.54 Å². The fraction of sp³-hybridized carbons (Fsp3) is 0.333. The van der Waals surface area contributed by atoms with E-state index in [2.05, 4.69) is 14.7 Å². The normalized spacial score (nSPS) is 11.8. The van der Waals surface area contributed by atoms with E-state index in [0.717, 1.165) is 0 Å². The van der Waals surface area contributed by atoms with Crippen molar-refractivity contribution in [2.45, 2.75) is 17.7 Å². The summed E-state index contributed by atoms with van der Waals surface area (Å²) in [5.41, 5.74) is 0.361. The molecule has 2 heterocycles. The minimum atomic E-state index is -3.62. The molecule has 2 aromatic heterocycles. The van der Waals surface area contributed by atoms with Crippen molar-refractivity contribution in [1.82, 2.24) is 19.3 Å². The zero-order valence-corrected chi connectivity index (χ0v) is 11.2. The number of hydrogen-bond donors (Lipinski definition) is 2. The summed E-state index contributed by atoms with van der Waals surface area (Å²) in [6.45, 7) is 2.28. The van der Waals surface area contributed by atoms with Gasteiger partial charge < -0.3 is 9.55 Å². The molecule has 2 rings (SSSR count). The highest BCUT2D eigenvalue weighted by atomic mass is 32.2. The van der Waals surface area contributed by atoms with Crippen LogP contribution in [0, 0.1) is 6.92 Å². The van der Waals surface area contributed by atoms with Gasteiger partial charge in [-0.05, 0) is 6.92 Å². The van der Waals surface area contributed by atoms with Gasteiger partial charge in [0.2, 0.25) is 0 Å². The molecule has 0 aliphatic rings. The molecule has 0 spiro atoms. The third-order valence-electron chi connectivity index (χ3n) is 2.25. The Labute approximate surface area is 108 Å². The number of rotatable bonds is 5. The molecule has 2 N–H and O–H groups in total. The smallest absolute Gasteiger partial charge is 0.305 e. The van der Waals surface area contributed by atoms with Crippen molar-refractivity contribution in [1.29, 1.82) is 0 Å². The van der Waals surface area contributed by atoms with Gasteiger partial charge in [0.1, 0.15) is 0 Å². The van der Waals surface area contributed by atoms with Crippen molar-refractivity contribution in [3.05, 3.63) is 34.1 Å². The zero-order valence-electron chi connectivity index (χ0n) is 9.58. The summed E-state index contributed by atoms with van der Waals surface area (Å²) in [7, 11) is -3.62. The molecule has 0 saturated carbocycles. The van der Waals surface area contributed by atoms with Crippen molar-refractivity contribution in [2.24, 2.45) is 0 Å². The van der Waals surface area contributed by atoms with Gasteiger partial charge >= 0.3 is 4.87 Å². The average Bonchev–Trinajstić information content (AvgIpc) is 2.88. The lowest BCUT2D eigenvalue weighted by molar-refractivity contribution is 0.574. The lowest BCUT2D eigenvalue weighted by atomic mass is 10.6. The van der Waals surface area contributed by atoms with Gasteiger partial charge in [0.15, 0.2) is 4.21 Å². The van der Waals surface area contributed by atoms with E-state index in [0.29, 0.717) is 23.6 Å². The van der Waals surface area contributed by atoms with Crippen LogP contribution in [0.5, 0.6) is 0 Å². The summed E-state index contributed by atoms with van der Waals surface area (Å²) in [4.78, 5) is 17.0. The van der Waals surface area contributed by atoms with Crippen molar-refractivity contribution in [3.63, 3.8) is 0 Å². The Bertz CT molecular complexity index is 669. The minimum Gasteiger partial charge on any atom is -0.336 e. The highest BCUT2D eigenvalue weighted by Crippen LogP contribution is 2.14. The largest absolute Gasteiger partial charge is 0.336 e. The maximum absolute atomic E-state index is 11.9. The Morgan fingerprint density at radius 3 is 2.89 bits per heavy atom. The topological polar surface area (TPSA) is 96.9 Å². The first-order valence-corrected chi connectivity index (χ1v) is 7.44. The maximum Gasteiger partial charge on any atom is 0.305 e. The van der Waals surface area contributed by atoms with Crippen LogP contribution in [0.2, 0.25) is 0 Å². The van der Waals surface area contributed by atoms with Gasteiger partial charge in [-0.25, -0.2) is 18.1 Å². The van der Waals surface area contributed by atoms with E-state index in [9.17, 15) is 13.2 Å². The molecule has 18 heavy (non-hydrogen) atoms. The first-order chi connectivity index (χ1) is 8.49. The molecular weight excluding hydrogens is 276 g/mol. The lowest BCUT2D eigenvalue weighted by Gasteiger charge is -2.05. The number of hydrogen-bond acceptors (Lipinski definition) is 5. The van der Waals surface area contributed by atoms with Crippen LogP contribution in [0.25, 0.3) is 0 Å². The van der Waals surface area contributed by atoms with Crippen LogP contribution in [0.1, 0.15) is 5.69 Å². The van der Waals surface area contributed by atoms with Gasteiger partial charge in [-0.2, -0.15) is 0 Å². The molecule has 0 aliphatic heterocycles. The Morgan fingerprint density at radius 1 is 1.56 bits per heavy atom. The van der Waals surface area contributed by atoms with E-state index < -0.39 is 10.0 Å². The van der Waals surface area contributed by atoms with E-state index in [1.54, 1.807) is 30.2 Å². The monoisotopic (exact) mass is 288 g/mol. The van der Waals surface area contributed by atoms with Crippen LogP contribution >= 0.6 is 11.3 Å². The fourth-order valence-corrected chi connectivity index (χ4v) is 3.80. The number of H-pyrrole nitrogens is 1. The van der Waals surface area contributed by atoms with Crippen molar-refractivity contribution >= 4 is 21.4 Å². The quantitative estimate of drug-likeness (QED) is 0.804. The molecule has 9 heteroatoms. The highest BCUT2D eigenvalue weighted by Gasteiger charge is 2.19. The van der Waals surface area contributed by atoms with Crippen LogP contribution in [-0.2, 0) is 16.6 Å². The zero-order chi connectivity index (χ0) is 13.2. The van der Waals surface area contributed by atoms with Crippen LogP contribution in [-0.4, -0.2) is 29.5 Å². The second-order valence-corrected chi connectivity index (χ2v) is 6.57.